The maximum atomic E-state index is 9.76. The first-order valence-corrected chi connectivity index (χ1v) is 3.33. The van der Waals surface area contributed by atoms with Crippen molar-refractivity contribution in [2.24, 2.45) is 0 Å². The maximum absolute atomic E-state index is 9.76. The second kappa shape index (κ2) is 8.11. The molecule has 0 heterocycles. The molecule has 0 saturated heterocycles. The molecule has 0 aromatic heterocycles. The van der Waals surface area contributed by atoms with Gasteiger partial charge in [0.05, 0.1) is 0 Å². The van der Waals surface area contributed by atoms with Gasteiger partial charge in [0, 0.05) is 0 Å². The SMILES string of the molecule is CNCCC=CC=CC=O. The summed E-state index contributed by atoms with van der Waals surface area (Å²) in [7, 11) is 1.91. The monoisotopic (exact) mass is 139 g/mol. The molecule has 0 aliphatic heterocycles. The summed E-state index contributed by atoms with van der Waals surface area (Å²) in [6, 6.07) is 0. The smallest absolute Gasteiger partial charge is 0.142 e. The third-order valence-corrected chi connectivity index (χ3v) is 0.998. The Morgan fingerprint density at radius 3 is 2.70 bits per heavy atom. The van der Waals surface area contributed by atoms with Gasteiger partial charge in [-0.25, -0.2) is 0 Å². The van der Waals surface area contributed by atoms with E-state index in [9.17, 15) is 4.79 Å². The van der Waals surface area contributed by atoms with Crippen molar-refractivity contribution < 1.29 is 4.79 Å². The molecular weight excluding hydrogens is 126 g/mol. The number of hydrogen-bond acceptors (Lipinski definition) is 2. The fourth-order valence-electron chi connectivity index (χ4n) is 0.512. The van der Waals surface area contributed by atoms with Crippen molar-refractivity contribution in [2.45, 2.75) is 6.42 Å². The lowest BCUT2D eigenvalue weighted by Gasteiger charge is -1.88. The van der Waals surface area contributed by atoms with Gasteiger partial charge in [-0.05, 0) is 26.1 Å². The van der Waals surface area contributed by atoms with Crippen LogP contribution in [0.2, 0.25) is 0 Å². The quantitative estimate of drug-likeness (QED) is 0.265. The lowest BCUT2D eigenvalue weighted by molar-refractivity contribution is -0.104. The van der Waals surface area contributed by atoms with Gasteiger partial charge in [0.25, 0.3) is 0 Å². The Kier molecular flexibility index (Phi) is 7.39. The zero-order valence-electron chi connectivity index (χ0n) is 6.21. The molecule has 2 heteroatoms. The van der Waals surface area contributed by atoms with Gasteiger partial charge in [-0.3, -0.25) is 4.79 Å². The van der Waals surface area contributed by atoms with Crippen LogP contribution in [0.5, 0.6) is 0 Å². The molecule has 0 aliphatic rings. The summed E-state index contributed by atoms with van der Waals surface area (Å²) in [4.78, 5) is 9.76. The molecular formula is C8H13NO. The van der Waals surface area contributed by atoms with Gasteiger partial charge in [0.15, 0.2) is 0 Å². The lowest BCUT2D eigenvalue weighted by Crippen LogP contribution is -2.05. The molecule has 1 N–H and O–H groups in total. The van der Waals surface area contributed by atoms with Crippen LogP contribution >= 0.6 is 0 Å². The minimum atomic E-state index is 0.766. The zero-order chi connectivity index (χ0) is 7.66. The Bertz CT molecular complexity index is 127. The minimum Gasteiger partial charge on any atom is -0.319 e. The van der Waals surface area contributed by atoms with E-state index in [0.29, 0.717) is 0 Å². The highest BCUT2D eigenvalue weighted by atomic mass is 16.1. The summed E-state index contributed by atoms with van der Waals surface area (Å²) in [5.41, 5.74) is 0. The van der Waals surface area contributed by atoms with Crippen LogP contribution in [0.25, 0.3) is 0 Å². The van der Waals surface area contributed by atoms with Gasteiger partial charge in [-0.1, -0.05) is 18.2 Å². The molecule has 0 bridgehead atoms. The van der Waals surface area contributed by atoms with Crippen molar-refractivity contribution in [2.75, 3.05) is 13.6 Å². The molecule has 10 heavy (non-hydrogen) atoms. The van der Waals surface area contributed by atoms with Gasteiger partial charge < -0.3 is 5.32 Å². The van der Waals surface area contributed by atoms with Gasteiger partial charge in [0.2, 0.25) is 0 Å². The van der Waals surface area contributed by atoms with Crippen LogP contribution in [0, 0.1) is 0 Å². The number of carbonyl (C=O) groups is 1. The van der Waals surface area contributed by atoms with Crippen LogP contribution in [0.15, 0.2) is 24.3 Å². The molecule has 56 valence electrons. The topological polar surface area (TPSA) is 29.1 Å². The molecule has 0 atom stereocenters. The van der Waals surface area contributed by atoms with Crippen LogP contribution in [0.4, 0.5) is 0 Å². The number of carbonyl (C=O) groups excluding carboxylic acids is 1. The highest BCUT2D eigenvalue weighted by Gasteiger charge is 1.72. The van der Waals surface area contributed by atoms with Crippen LogP contribution in [0.1, 0.15) is 6.42 Å². The van der Waals surface area contributed by atoms with Crippen LogP contribution in [-0.2, 0) is 4.79 Å². The highest BCUT2D eigenvalue weighted by molar-refractivity contribution is 5.65. The molecule has 0 spiro atoms. The summed E-state index contributed by atoms with van der Waals surface area (Å²) >= 11 is 0. The first-order chi connectivity index (χ1) is 4.91. The number of aldehydes is 1. The molecule has 0 aliphatic carbocycles. The Morgan fingerprint density at radius 1 is 1.30 bits per heavy atom. The summed E-state index contributed by atoms with van der Waals surface area (Å²) in [6.07, 6.45) is 8.84. The predicted molar refractivity (Wildman–Crippen MR) is 42.9 cm³/mol. The second-order valence-corrected chi connectivity index (χ2v) is 1.84. The van der Waals surface area contributed by atoms with Crippen LogP contribution in [0.3, 0.4) is 0 Å². The number of nitrogens with one attached hydrogen (secondary N) is 1. The zero-order valence-corrected chi connectivity index (χ0v) is 6.21. The third-order valence-electron chi connectivity index (χ3n) is 0.998. The average Bonchev–Trinajstić information content (AvgIpc) is 1.97. The summed E-state index contributed by atoms with van der Waals surface area (Å²) in [6.45, 7) is 0.978. The standard InChI is InChI=1S/C8H13NO/c1-9-7-5-3-2-4-6-8-10/h2-4,6,8-9H,5,7H2,1H3. The molecule has 0 rings (SSSR count). The van der Waals surface area contributed by atoms with E-state index in [4.69, 9.17) is 0 Å². The third kappa shape index (κ3) is 7.11. The normalized spacial score (nSPS) is 11.3. The largest absolute Gasteiger partial charge is 0.319 e. The van der Waals surface area contributed by atoms with Crippen LogP contribution < -0.4 is 5.32 Å². The molecule has 0 radical (unpaired) electrons. The van der Waals surface area contributed by atoms with E-state index in [0.717, 1.165) is 19.3 Å². The van der Waals surface area contributed by atoms with E-state index < -0.39 is 0 Å². The van der Waals surface area contributed by atoms with E-state index >= 15 is 0 Å². The minimum absolute atomic E-state index is 0.766. The first kappa shape index (κ1) is 9.11. The van der Waals surface area contributed by atoms with Crippen molar-refractivity contribution in [3.05, 3.63) is 24.3 Å². The number of rotatable bonds is 5. The highest BCUT2D eigenvalue weighted by Crippen LogP contribution is 1.80. The average molecular weight is 139 g/mol. The van der Waals surface area contributed by atoms with Gasteiger partial charge in [-0.2, -0.15) is 0 Å². The van der Waals surface area contributed by atoms with E-state index in [-0.39, 0.29) is 0 Å². The Balaban J connectivity index is 3.19. The van der Waals surface area contributed by atoms with Crippen molar-refractivity contribution in [1.29, 1.82) is 0 Å². The molecule has 0 aromatic carbocycles. The van der Waals surface area contributed by atoms with E-state index in [2.05, 4.69) is 5.32 Å². The Hall–Kier alpha value is -0.890. The molecule has 0 saturated carbocycles. The Labute approximate surface area is 61.6 Å². The van der Waals surface area contributed by atoms with E-state index in [1.807, 2.05) is 19.2 Å². The second-order valence-electron chi connectivity index (χ2n) is 1.84. The van der Waals surface area contributed by atoms with Gasteiger partial charge >= 0.3 is 0 Å². The van der Waals surface area contributed by atoms with Crippen molar-refractivity contribution in [3.8, 4) is 0 Å². The lowest BCUT2D eigenvalue weighted by atomic mass is 10.3. The Morgan fingerprint density at radius 2 is 2.10 bits per heavy atom. The van der Waals surface area contributed by atoms with Crippen molar-refractivity contribution >= 4 is 6.29 Å². The number of hydrogen-bond donors (Lipinski definition) is 1. The summed E-state index contributed by atoms with van der Waals surface area (Å²) in [5.74, 6) is 0. The molecule has 0 aromatic rings. The summed E-state index contributed by atoms with van der Waals surface area (Å²) < 4.78 is 0. The van der Waals surface area contributed by atoms with Crippen LogP contribution in [-0.4, -0.2) is 19.9 Å². The summed E-state index contributed by atoms with van der Waals surface area (Å²) in [5, 5.41) is 3.01. The predicted octanol–water partition coefficient (Wildman–Crippen LogP) is 0.907. The number of allylic oxidation sites excluding steroid dienone is 3. The van der Waals surface area contributed by atoms with Gasteiger partial charge in [-0.15, -0.1) is 0 Å². The van der Waals surface area contributed by atoms with Crippen molar-refractivity contribution in [3.63, 3.8) is 0 Å². The van der Waals surface area contributed by atoms with Crippen molar-refractivity contribution in [1.82, 2.24) is 5.32 Å². The first-order valence-electron chi connectivity index (χ1n) is 3.33. The molecule has 0 unspecified atom stereocenters. The fraction of sp³-hybridized carbons (Fsp3) is 0.375. The fourth-order valence-corrected chi connectivity index (χ4v) is 0.512. The maximum Gasteiger partial charge on any atom is 0.142 e. The van der Waals surface area contributed by atoms with E-state index in [1.54, 1.807) is 6.08 Å². The molecule has 0 amide bonds. The molecule has 2 nitrogen and oxygen atoms in total. The molecule has 0 fully saturated rings. The van der Waals surface area contributed by atoms with E-state index in [1.165, 1.54) is 6.08 Å². The van der Waals surface area contributed by atoms with Gasteiger partial charge in [0.1, 0.15) is 6.29 Å².